The van der Waals surface area contributed by atoms with Crippen molar-refractivity contribution in [1.29, 1.82) is 0 Å². The van der Waals surface area contributed by atoms with E-state index in [0.717, 1.165) is 44.9 Å². The summed E-state index contributed by atoms with van der Waals surface area (Å²) in [7, 11) is 0. The largest absolute Gasteiger partial charge is 0.396 e. The van der Waals surface area contributed by atoms with E-state index < -0.39 is 0 Å². The summed E-state index contributed by atoms with van der Waals surface area (Å²) in [6, 6.07) is 0.242. The Hall–Kier alpha value is -0.610. The van der Waals surface area contributed by atoms with Gasteiger partial charge in [-0.25, -0.2) is 0 Å². The number of carbonyl (C=O) groups excluding carboxylic acids is 1. The van der Waals surface area contributed by atoms with Gasteiger partial charge in [0.25, 0.3) is 0 Å². The lowest BCUT2D eigenvalue weighted by Gasteiger charge is -2.38. The lowest BCUT2D eigenvalue weighted by molar-refractivity contribution is -0.134. The average Bonchev–Trinajstić information content (AvgIpc) is 3.25. The maximum Gasteiger partial charge on any atom is 0.225 e. The van der Waals surface area contributed by atoms with Crippen molar-refractivity contribution >= 4 is 35.8 Å². The third-order valence-corrected chi connectivity index (χ3v) is 5.61. The van der Waals surface area contributed by atoms with E-state index >= 15 is 0 Å². The summed E-state index contributed by atoms with van der Waals surface area (Å²) in [4.78, 5) is 19.2. The fraction of sp³-hybridized carbons (Fsp3) is 0.889. The summed E-state index contributed by atoms with van der Waals surface area (Å²) in [5, 5.41) is 16.3. The molecule has 0 aromatic carbocycles. The van der Waals surface area contributed by atoms with Gasteiger partial charge in [0, 0.05) is 31.6 Å². The molecule has 1 aliphatic carbocycles. The van der Waals surface area contributed by atoms with Crippen LogP contribution in [-0.4, -0.2) is 73.9 Å². The van der Waals surface area contributed by atoms with Gasteiger partial charge in [-0.2, -0.15) is 0 Å². The van der Waals surface area contributed by atoms with E-state index in [1.165, 1.54) is 12.8 Å². The van der Waals surface area contributed by atoms with E-state index in [1.807, 2.05) is 11.8 Å². The van der Waals surface area contributed by atoms with Crippen molar-refractivity contribution in [2.45, 2.75) is 45.1 Å². The zero-order chi connectivity index (χ0) is 17.7. The highest BCUT2D eigenvalue weighted by Gasteiger charge is 2.38. The third-order valence-electron chi connectivity index (χ3n) is 5.61. The molecule has 3 fully saturated rings. The second-order valence-electron chi connectivity index (χ2n) is 7.74. The fourth-order valence-electron chi connectivity index (χ4n) is 3.89. The van der Waals surface area contributed by atoms with Crippen LogP contribution in [0.15, 0.2) is 4.99 Å². The maximum absolute atomic E-state index is 12.6. The molecule has 1 amide bonds. The van der Waals surface area contributed by atoms with Crippen molar-refractivity contribution in [1.82, 2.24) is 15.5 Å². The molecule has 0 spiro atoms. The first kappa shape index (κ1) is 21.7. The summed E-state index contributed by atoms with van der Waals surface area (Å²) in [5.74, 6) is 1.36. The topological polar surface area (TPSA) is 86.2 Å². The van der Waals surface area contributed by atoms with Crippen molar-refractivity contribution in [2.24, 2.45) is 16.3 Å². The van der Waals surface area contributed by atoms with Crippen molar-refractivity contribution < 1.29 is 14.6 Å². The average molecular weight is 480 g/mol. The van der Waals surface area contributed by atoms with Crippen LogP contribution >= 0.6 is 24.0 Å². The van der Waals surface area contributed by atoms with Crippen LogP contribution in [0, 0.1) is 11.3 Å². The predicted molar refractivity (Wildman–Crippen MR) is 112 cm³/mol. The molecular weight excluding hydrogens is 447 g/mol. The minimum absolute atomic E-state index is 0. The Morgan fingerprint density at radius 3 is 2.62 bits per heavy atom. The number of nitrogens with one attached hydrogen (secondary N) is 2. The quantitative estimate of drug-likeness (QED) is 0.300. The fourth-order valence-corrected chi connectivity index (χ4v) is 3.89. The van der Waals surface area contributed by atoms with Crippen LogP contribution in [0.4, 0.5) is 0 Å². The first-order valence-electron chi connectivity index (χ1n) is 9.68. The number of rotatable bonds is 6. The zero-order valence-electron chi connectivity index (χ0n) is 15.7. The molecule has 0 bridgehead atoms. The summed E-state index contributed by atoms with van der Waals surface area (Å²) >= 11 is 0. The molecular formula is C18H33IN4O3. The van der Waals surface area contributed by atoms with Crippen molar-refractivity contribution in [3.8, 4) is 0 Å². The van der Waals surface area contributed by atoms with Crippen LogP contribution in [0.3, 0.4) is 0 Å². The van der Waals surface area contributed by atoms with Crippen LogP contribution in [0.1, 0.15) is 39.0 Å². The van der Waals surface area contributed by atoms with Gasteiger partial charge in [-0.1, -0.05) is 12.8 Å². The Bertz CT molecular complexity index is 487. The number of halogens is 1. The van der Waals surface area contributed by atoms with Crippen LogP contribution in [0.2, 0.25) is 0 Å². The molecule has 26 heavy (non-hydrogen) atoms. The normalized spacial score (nSPS) is 25.5. The van der Waals surface area contributed by atoms with Gasteiger partial charge in [-0.05, 0) is 26.2 Å². The lowest BCUT2D eigenvalue weighted by Crippen LogP contribution is -2.50. The zero-order valence-corrected chi connectivity index (χ0v) is 18.0. The Morgan fingerprint density at radius 2 is 2.04 bits per heavy atom. The Morgan fingerprint density at radius 1 is 1.31 bits per heavy atom. The Balaban J connectivity index is 0.00000243. The molecule has 1 saturated carbocycles. The van der Waals surface area contributed by atoms with Gasteiger partial charge >= 0.3 is 0 Å². The summed E-state index contributed by atoms with van der Waals surface area (Å²) < 4.78 is 5.23. The van der Waals surface area contributed by atoms with E-state index in [4.69, 9.17) is 4.74 Å². The van der Waals surface area contributed by atoms with Crippen molar-refractivity contribution in [3.63, 3.8) is 0 Å². The van der Waals surface area contributed by atoms with Gasteiger partial charge in [-0.3, -0.25) is 9.79 Å². The number of amides is 1. The molecule has 8 heteroatoms. The lowest BCUT2D eigenvalue weighted by atomic mass is 9.87. The molecule has 3 rings (SSSR count). The third kappa shape index (κ3) is 5.22. The number of hydrogen-bond donors (Lipinski definition) is 3. The minimum Gasteiger partial charge on any atom is -0.396 e. The van der Waals surface area contributed by atoms with Gasteiger partial charge in [0.2, 0.25) is 5.91 Å². The van der Waals surface area contributed by atoms with Crippen LogP contribution in [0.5, 0.6) is 0 Å². The first-order chi connectivity index (χ1) is 12.2. The number of aliphatic imine (C=N–C) groups is 1. The van der Waals surface area contributed by atoms with Crippen molar-refractivity contribution in [3.05, 3.63) is 0 Å². The van der Waals surface area contributed by atoms with Crippen LogP contribution in [0.25, 0.3) is 0 Å². The highest BCUT2D eigenvalue weighted by atomic mass is 127. The van der Waals surface area contributed by atoms with Gasteiger partial charge in [0.05, 0.1) is 31.8 Å². The highest BCUT2D eigenvalue weighted by Crippen LogP contribution is 2.28. The summed E-state index contributed by atoms with van der Waals surface area (Å²) in [6.07, 6.45) is 5.46. The van der Waals surface area contributed by atoms with Gasteiger partial charge in [-0.15, -0.1) is 24.0 Å². The van der Waals surface area contributed by atoms with E-state index in [9.17, 15) is 9.90 Å². The van der Waals surface area contributed by atoms with Crippen molar-refractivity contribution in [2.75, 3.05) is 46.0 Å². The molecule has 2 aliphatic heterocycles. The number of ether oxygens (including phenoxy) is 1. The van der Waals surface area contributed by atoms with Gasteiger partial charge in [0.15, 0.2) is 5.96 Å². The van der Waals surface area contributed by atoms with E-state index in [0.29, 0.717) is 25.7 Å². The number of aliphatic hydroxyl groups excluding tert-OH is 1. The predicted octanol–water partition coefficient (Wildman–Crippen LogP) is 0.960. The number of hydrogen-bond acceptors (Lipinski definition) is 4. The molecule has 7 nitrogen and oxygen atoms in total. The van der Waals surface area contributed by atoms with Crippen LogP contribution in [-0.2, 0) is 9.53 Å². The first-order valence-corrected chi connectivity index (χ1v) is 9.68. The molecule has 1 atom stereocenters. The highest BCUT2D eigenvalue weighted by molar-refractivity contribution is 14.0. The van der Waals surface area contributed by atoms with Crippen LogP contribution < -0.4 is 10.6 Å². The van der Waals surface area contributed by atoms with E-state index in [1.54, 1.807) is 0 Å². The molecule has 0 radical (unpaired) electrons. The Kier molecular flexibility index (Phi) is 8.41. The van der Waals surface area contributed by atoms with E-state index in [-0.39, 0.29) is 48.0 Å². The molecule has 3 N–H and O–H groups in total. The second-order valence-corrected chi connectivity index (χ2v) is 7.74. The number of aliphatic hydroxyl groups is 1. The molecule has 2 heterocycles. The summed E-state index contributed by atoms with van der Waals surface area (Å²) in [6.45, 7) is 6.20. The SMILES string of the molecule is CCNC(=NCC1(CO)COC1)NC1CCN(C(=O)C2CCCC2)C1.I. The monoisotopic (exact) mass is 480 g/mol. The number of likely N-dealkylation sites (tertiary alicyclic amines) is 1. The summed E-state index contributed by atoms with van der Waals surface area (Å²) in [5.41, 5.74) is -0.220. The number of carbonyl (C=O) groups is 1. The molecule has 2 saturated heterocycles. The maximum atomic E-state index is 12.6. The Labute approximate surface area is 173 Å². The number of guanidine groups is 1. The standard InChI is InChI=1S/C18H32N4O3.HI/c1-2-19-17(20-10-18(11-23)12-25-13-18)21-15-7-8-22(9-15)16(24)14-5-3-4-6-14;/h14-15,23H,2-13H2,1H3,(H2,19,20,21);1H. The second kappa shape index (κ2) is 10.1. The van der Waals surface area contributed by atoms with E-state index in [2.05, 4.69) is 15.6 Å². The minimum atomic E-state index is -0.220. The smallest absolute Gasteiger partial charge is 0.225 e. The molecule has 0 aromatic rings. The van der Waals surface area contributed by atoms with Gasteiger partial charge < -0.3 is 25.4 Å². The molecule has 3 aliphatic rings. The molecule has 150 valence electrons. The molecule has 1 unspecified atom stereocenters. The molecule has 0 aromatic heterocycles. The number of nitrogens with zero attached hydrogens (tertiary/aromatic N) is 2. The van der Waals surface area contributed by atoms with Gasteiger partial charge in [0.1, 0.15) is 0 Å².